The Bertz CT molecular complexity index is 280. The summed E-state index contributed by atoms with van der Waals surface area (Å²) >= 11 is 0. The molecule has 7 heteroatoms. The minimum atomic E-state index is -1.60. The van der Waals surface area contributed by atoms with Crippen LogP contribution in [0.1, 0.15) is 19.3 Å². The van der Waals surface area contributed by atoms with Crippen molar-refractivity contribution in [3.05, 3.63) is 0 Å². The van der Waals surface area contributed by atoms with Gasteiger partial charge < -0.3 is 25.5 Å². The van der Waals surface area contributed by atoms with Crippen molar-refractivity contribution in [1.82, 2.24) is 10.2 Å². The monoisotopic (exact) mass is 246 g/mol. The second-order valence-corrected chi connectivity index (χ2v) is 4.04. The van der Waals surface area contributed by atoms with Crippen LogP contribution in [-0.2, 0) is 4.79 Å². The molecular formula is C10H18N2O5. The van der Waals surface area contributed by atoms with E-state index in [0.29, 0.717) is 0 Å². The van der Waals surface area contributed by atoms with E-state index in [4.69, 9.17) is 15.3 Å². The first kappa shape index (κ1) is 13.7. The largest absolute Gasteiger partial charge is 0.479 e. The van der Waals surface area contributed by atoms with Crippen molar-refractivity contribution in [2.24, 2.45) is 0 Å². The first-order valence-corrected chi connectivity index (χ1v) is 5.62. The lowest BCUT2D eigenvalue weighted by atomic mass is 9.92. The van der Waals surface area contributed by atoms with Crippen molar-refractivity contribution in [3.63, 3.8) is 0 Å². The summed E-state index contributed by atoms with van der Waals surface area (Å²) < 4.78 is 0. The average molecular weight is 246 g/mol. The van der Waals surface area contributed by atoms with Gasteiger partial charge >= 0.3 is 12.0 Å². The third-order valence-electron chi connectivity index (χ3n) is 2.85. The lowest BCUT2D eigenvalue weighted by Gasteiger charge is -2.37. The number of rotatable bonds is 6. The summed E-state index contributed by atoms with van der Waals surface area (Å²) in [5, 5.41) is 28.7. The molecule has 2 amide bonds. The molecule has 0 saturated heterocycles. The number of aliphatic hydroxyl groups excluding tert-OH is 2. The van der Waals surface area contributed by atoms with Crippen LogP contribution in [0.15, 0.2) is 0 Å². The predicted octanol–water partition coefficient (Wildman–Crippen LogP) is -1.01. The lowest BCUT2D eigenvalue weighted by molar-refractivity contribution is -0.146. The predicted molar refractivity (Wildman–Crippen MR) is 58.5 cm³/mol. The van der Waals surface area contributed by atoms with Gasteiger partial charge in [0, 0.05) is 12.6 Å². The third kappa shape index (κ3) is 3.86. The molecule has 0 aromatic heterocycles. The number of aliphatic hydroxyl groups is 2. The van der Waals surface area contributed by atoms with Crippen LogP contribution in [0.2, 0.25) is 0 Å². The molecule has 1 aliphatic rings. The van der Waals surface area contributed by atoms with E-state index < -0.39 is 18.1 Å². The van der Waals surface area contributed by atoms with Crippen LogP contribution in [-0.4, -0.2) is 64.1 Å². The highest BCUT2D eigenvalue weighted by Gasteiger charge is 2.28. The maximum Gasteiger partial charge on any atom is 0.334 e. The van der Waals surface area contributed by atoms with E-state index in [1.54, 1.807) is 0 Å². The molecule has 0 aromatic carbocycles. The first-order chi connectivity index (χ1) is 8.06. The van der Waals surface area contributed by atoms with Crippen molar-refractivity contribution in [2.45, 2.75) is 31.4 Å². The van der Waals surface area contributed by atoms with Crippen LogP contribution < -0.4 is 5.32 Å². The fourth-order valence-electron chi connectivity index (χ4n) is 1.63. The Hall–Kier alpha value is -1.34. The molecule has 1 aliphatic carbocycles. The highest BCUT2D eigenvalue weighted by molar-refractivity contribution is 5.77. The highest BCUT2D eigenvalue weighted by atomic mass is 16.4. The fourth-order valence-corrected chi connectivity index (χ4v) is 1.63. The number of hydrogen-bond donors (Lipinski definition) is 4. The number of nitrogens with zero attached hydrogens (tertiary/aromatic N) is 1. The molecule has 1 atom stereocenters. The summed E-state index contributed by atoms with van der Waals surface area (Å²) in [7, 11) is 0. The molecule has 17 heavy (non-hydrogen) atoms. The van der Waals surface area contributed by atoms with Gasteiger partial charge in [0.25, 0.3) is 0 Å². The highest BCUT2D eigenvalue weighted by Crippen LogP contribution is 2.24. The van der Waals surface area contributed by atoms with Gasteiger partial charge in [0.2, 0.25) is 0 Å². The standard InChI is InChI=1S/C10H18N2O5/c13-5-4-12(7-2-1-3-7)10(17)11-6-8(14)9(15)16/h7-8,13-14H,1-6H2,(H,11,17)(H,15,16). The van der Waals surface area contributed by atoms with Crippen molar-refractivity contribution >= 4 is 12.0 Å². The molecule has 0 spiro atoms. The summed E-state index contributed by atoms with van der Waals surface area (Å²) in [6.07, 6.45) is 1.25. The maximum absolute atomic E-state index is 11.7. The maximum atomic E-state index is 11.7. The van der Waals surface area contributed by atoms with Gasteiger partial charge in [-0.05, 0) is 19.3 Å². The number of nitrogens with one attached hydrogen (secondary N) is 1. The number of carboxylic acids is 1. The number of carbonyl (C=O) groups is 2. The van der Waals surface area contributed by atoms with Gasteiger partial charge in [0.15, 0.2) is 6.10 Å². The Kier molecular flexibility index (Phi) is 5.17. The van der Waals surface area contributed by atoms with Crippen molar-refractivity contribution < 1.29 is 24.9 Å². The molecule has 0 aliphatic heterocycles. The van der Waals surface area contributed by atoms with Gasteiger partial charge in [-0.1, -0.05) is 0 Å². The van der Waals surface area contributed by atoms with Crippen LogP contribution >= 0.6 is 0 Å². The van der Waals surface area contributed by atoms with Crippen molar-refractivity contribution in [2.75, 3.05) is 19.7 Å². The van der Waals surface area contributed by atoms with E-state index in [9.17, 15) is 9.59 Å². The molecule has 1 rings (SSSR count). The molecule has 7 nitrogen and oxygen atoms in total. The van der Waals surface area contributed by atoms with Gasteiger partial charge in [-0.15, -0.1) is 0 Å². The number of carbonyl (C=O) groups excluding carboxylic acids is 1. The summed E-state index contributed by atoms with van der Waals surface area (Å²) in [6.45, 7) is -0.242. The molecule has 0 aromatic rings. The zero-order chi connectivity index (χ0) is 12.8. The lowest BCUT2D eigenvalue weighted by Crippen LogP contribution is -2.51. The second-order valence-electron chi connectivity index (χ2n) is 4.04. The molecule has 0 bridgehead atoms. The van der Waals surface area contributed by atoms with Crippen LogP contribution in [0.5, 0.6) is 0 Å². The van der Waals surface area contributed by atoms with E-state index in [1.807, 2.05) is 0 Å². The normalized spacial score (nSPS) is 17.1. The Morgan fingerprint density at radius 2 is 2.06 bits per heavy atom. The number of amides is 2. The molecule has 0 radical (unpaired) electrons. The second kappa shape index (κ2) is 6.41. The number of carboxylic acid groups (broad SMARTS) is 1. The summed E-state index contributed by atoms with van der Waals surface area (Å²) in [4.78, 5) is 23.5. The molecular weight excluding hydrogens is 228 g/mol. The van der Waals surface area contributed by atoms with Crippen molar-refractivity contribution in [3.8, 4) is 0 Å². The van der Waals surface area contributed by atoms with E-state index in [1.165, 1.54) is 4.90 Å². The summed E-state index contributed by atoms with van der Waals surface area (Å²) in [5.74, 6) is -1.37. The zero-order valence-electron chi connectivity index (χ0n) is 9.50. The Labute approximate surface area is 99.0 Å². The molecule has 4 N–H and O–H groups in total. The third-order valence-corrected chi connectivity index (χ3v) is 2.85. The summed E-state index contributed by atoms with van der Waals surface area (Å²) in [5.41, 5.74) is 0. The molecule has 1 unspecified atom stereocenters. The Morgan fingerprint density at radius 3 is 2.47 bits per heavy atom. The minimum absolute atomic E-state index is 0.115. The fraction of sp³-hybridized carbons (Fsp3) is 0.800. The molecule has 1 saturated carbocycles. The molecule has 0 heterocycles. The van der Waals surface area contributed by atoms with Crippen LogP contribution in [0.25, 0.3) is 0 Å². The van der Waals surface area contributed by atoms with E-state index >= 15 is 0 Å². The number of hydrogen-bond acceptors (Lipinski definition) is 4. The van der Waals surface area contributed by atoms with Gasteiger partial charge in [-0.3, -0.25) is 0 Å². The van der Waals surface area contributed by atoms with E-state index in [-0.39, 0.29) is 25.7 Å². The van der Waals surface area contributed by atoms with Gasteiger partial charge in [-0.2, -0.15) is 0 Å². The van der Waals surface area contributed by atoms with Crippen LogP contribution in [0, 0.1) is 0 Å². The summed E-state index contributed by atoms with van der Waals surface area (Å²) in [6, 6.07) is -0.326. The van der Waals surface area contributed by atoms with Crippen LogP contribution in [0.3, 0.4) is 0 Å². The topological polar surface area (TPSA) is 110 Å². The van der Waals surface area contributed by atoms with E-state index in [2.05, 4.69) is 5.32 Å². The van der Waals surface area contributed by atoms with Crippen molar-refractivity contribution in [1.29, 1.82) is 0 Å². The molecule has 98 valence electrons. The van der Waals surface area contributed by atoms with E-state index in [0.717, 1.165) is 19.3 Å². The smallest absolute Gasteiger partial charge is 0.334 e. The Balaban J connectivity index is 2.39. The Morgan fingerprint density at radius 1 is 1.41 bits per heavy atom. The quantitative estimate of drug-likeness (QED) is 0.480. The zero-order valence-corrected chi connectivity index (χ0v) is 9.50. The number of urea groups is 1. The van der Waals surface area contributed by atoms with Gasteiger partial charge in [0.1, 0.15) is 0 Å². The van der Waals surface area contributed by atoms with Gasteiger partial charge in [-0.25, -0.2) is 9.59 Å². The average Bonchev–Trinajstić information content (AvgIpc) is 2.22. The minimum Gasteiger partial charge on any atom is -0.479 e. The van der Waals surface area contributed by atoms with Crippen LogP contribution in [0.4, 0.5) is 4.79 Å². The van der Waals surface area contributed by atoms with Gasteiger partial charge in [0.05, 0.1) is 13.2 Å². The molecule has 1 fully saturated rings. The first-order valence-electron chi connectivity index (χ1n) is 5.62. The SMILES string of the molecule is O=C(O)C(O)CNC(=O)N(CCO)C1CCC1. The number of aliphatic carboxylic acids is 1.